The smallest absolute Gasteiger partial charge is 0.258 e. The number of hydrogen-bond donors (Lipinski definition) is 2. The van der Waals surface area contributed by atoms with Crippen molar-refractivity contribution in [2.24, 2.45) is 5.92 Å². The van der Waals surface area contributed by atoms with Gasteiger partial charge >= 0.3 is 0 Å². The predicted molar refractivity (Wildman–Crippen MR) is 120 cm³/mol. The Morgan fingerprint density at radius 1 is 1.23 bits per heavy atom. The largest absolute Gasteiger partial charge is 0.331 e. The van der Waals surface area contributed by atoms with Crippen LogP contribution in [0.25, 0.3) is 10.9 Å². The zero-order valence-electron chi connectivity index (χ0n) is 17.2. The van der Waals surface area contributed by atoms with Crippen molar-refractivity contribution < 1.29 is 9.59 Å². The first-order valence-corrected chi connectivity index (χ1v) is 10.7. The highest BCUT2D eigenvalue weighted by Gasteiger charge is 2.29. The molecule has 1 heterocycles. The normalized spacial score (nSPS) is 13.2. The van der Waals surface area contributed by atoms with E-state index in [2.05, 4.69) is 15.3 Å². The summed E-state index contributed by atoms with van der Waals surface area (Å²) in [4.78, 5) is 46.5. The number of carbonyl (C=O) groups is 2. The number of aromatic amines is 1. The molecule has 0 aliphatic heterocycles. The molecule has 2 aromatic carbocycles. The van der Waals surface area contributed by atoms with E-state index in [9.17, 15) is 14.4 Å². The van der Waals surface area contributed by atoms with E-state index in [4.69, 9.17) is 11.6 Å². The second kappa shape index (κ2) is 8.89. The fourth-order valence-corrected chi connectivity index (χ4v) is 3.61. The van der Waals surface area contributed by atoms with Gasteiger partial charge in [0.1, 0.15) is 5.82 Å². The highest BCUT2D eigenvalue weighted by atomic mass is 35.5. The lowest BCUT2D eigenvalue weighted by atomic mass is 10.1. The summed E-state index contributed by atoms with van der Waals surface area (Å²) in [6.07, 6.45) is 2.57. The molecule has 2 N–H and O–H groups in total. The molecular formula is C23H23ClN4O3. The SMILES string of the molecule is CCCN(Cc1nc2cc(Cl)ccc2c(=O)[nH]1)C(=O)c1cccc(NC(=O)C2CC2)c1. The number of aromatic nitrogens is 2. The molecular weight excluding hydrogens is 416 g/mol. The minimum atomic E-state index is -0.273. The quantitative estimate of drug-likeness (QED) is 0.583. The molecule has 0 saturated heterocycles. The number of carbonyl (C=O) groups excluding carboxylic acids is 2. The van der Waals surface area contributed by atoms with Gasteiger partial charge in [0.2, 0.25) is 5.91 Å². The van der Waals surface area contributed by atoms with Crippen molar-refractivity contribution in [3.8, 4) is 0 Å². The van der Waals surface area contributed by atoms with E-state index in [1.807, 2.05) is 6.92 Å². The minimum Gasteiger partial charge on any atom is -0.331 e. The summed E-state index contributed by atoms with van der Waals surface area (Å²) in [5.74, 6) is 0.268. The van der Waals surface area contributed by atoms with Gasteiger partial charge in [-0.25, -0.2) is 4.98 Å². The highest BCUT2D eigenvalue weighted by Crippen LogP contribution is 2.30. The number of nitrogens with one attached hydrogen (secondary N) is 2. The summed E-state index contributed by atoms with van der Waals surface area (Å²) in [5.41, 5.74) is 1.28. The van der Waals surface area contributed by atoms with E-state index in [-0.39, 0.29) is 29.8 Å². The fourth-order valence-electron chi connectivity index (χ4n) is 3.44. The third-order valence-corrected chi connectivity index (χ3v) is 5.40. The van der Waals surface area contributed by atoms with Crippen LogP contribution in [0, 0.1) is 5.92 Å². The van der Waals surface area contributed by atoms with E-state index >= 15 is 0 Å². The van der Waals surface area contributed by atoms with Gasteiger partial charge in [-0.05, 0) is 55.7 Å². The van der Waals surface area contributed by atoms with Crippen LogP contribution in [0.1, 0.15) is 42.4 Å². The summed E-state index contributed by atoms with van der Waals surface area (Å²) in [6, 6.07) is 11.8. The predicted octanol–water partition coefficient (Wildman–Crippen LogP) is 3.98. The maximum Gasteiger partial charge on any atom is 0.258 e. The number of benzene rings is 2. The minimum absolute atomic E-state index is 0.00777. The van der Waals surface area contributed by atoms with E-state index in [0.29, 0.717) is 39.5 Å². The molecule has 1 aliphatic carbocycles. The molecule has 0 spiro atoms. The van der Waals surface area contributed by atoms with Crippen LogP contribution in [-0.2, 0) is 11.3 Å². The van der Waals surface area contributed by atoms with Gasteiger partial charge in [-0.15, -0.1) is 0 Å². The Balaban J connectivity index is 1.57. The van der Waals surface area contributed by atoms with Gasteiger partial charge in [-0.3, -0.25) is 14.4 Å². The Kier molecular flexibility index (Phi) is 6.04. The maximum absolute atomic E-state index is 13.2. The average molecular weight is 439 g/mol. The summed E-state index contributed by atoms with van der Waals surface area (Å²) >= 11 is 6.04. The van der Waals surface area contributed by atoms with Crippen LogP contribution in [0.5, 0.6) is 0 Å². The summed E-state index contributed by atoms with van der Waals surface area (Å²) in [7, 11) is 0. The van der Waals surface area contributed by atoms with Gasteiger partial charge in [-0.2, -0.15) is 0 Å². The molecule has 3 aromatic rings. The summed E-state index contributed by atoms with van der Waals surface area (Å²) in [5, 5.41) is 3.80. The van der Waals surface area contributed by atoms with Crippen molar-refractivity contribution in [3.05, 3.63) is 69.2 Å². The number of anilines is 1. The topological polar surface area (TPSA) is 95.2 Å². The van der Waals surface area contributed by atoms with Crippen LogP contribution in [0.3, 0.4) is 0 Å². The zero-order chi connectivity index (χ0) is 22.0. The molecule has 0 unspecified atom stereocenters. The lowest BCUT2D eigenvalue weighted by Crippen LogP contribution is -2.33. The van der Waals surface area contributed by atoms with Crippen LogP contribution in [0.4, 0.5) is 5.69 Å². The van der Waals surface area contributed by atoms with Gasteiger partial charge in [0, 0.05) is 28.7 Å². The molecule has 4 rings (SSSR count). The molecule has 0 radical (unpaired) electrons. The molecule has 1 saturated carbocycles. The molecule has 1 aliphatic rings. The summed E-state index contributed by atoms with van der Waals surface area (Å²) in [6.45, 7) is 2.63. The molecule has 31 heavy (non-hydrogen) atoms. The Labute approximate surface area is 184 Å². The van der Waals surface area contributed by atoms with Crippen molar-refractivity contribution in [1.29, 1.82) is 0 Å². The lowest BCUT2D eigenvalue weighted by Gasteiger charge is -2.22. The van der Waals surface area contributed by atoms with Gasteiger partial charge < -0.3 is 15.2 Å². The molecule has 0 bridgehead atoms. The summed E-state index contributed by atoms with van der Waals surface area (Å²) < 4.78 is 0. The Morgan fingerprint density at radius 3 is 2.77 bits per heavy atom. The van der Waals surface area contributed by atoms with Crippen LogP contribution in [-0.4, -0.2) is 33.2 Å². The van der Waals surface area contributed by atoms with Crippen molar-refractivity contribution in [3.63, 3.8) is 0 Å². The van der Waals surface area contributed by atoms with Crippen molar-refractivity contribution >= 4 is 40.0 Å². The Morgan fingerprint density at radius 2 is 2.03 bits per heavy atom. The standard InChI is InChI=1S/C23H23ClN4O3/c1-2-10-28(13-20-26-19-12-16(24)8-9-18(19)22(30)27-20)23(31)15-4-3-5-17(11-15)25-21(29)14-6-7-14/h3-5,8-9,11-12,14H,2,6-7,10,13H2,1H3,(H,25,29)(H,26,27,30). The fraction of sp³-hybridized carbons (Fsp3) is 0.304. The molecule has 7 nitrogen and oxygen atoms in total. The zero-order valence-corrected chi connectivity index (χ0v) is 17.9. The monoisotopic (exact) mass is 438 g/mol. The van der Waals surface area contributed by atoms with Crippen molar-refractivity contribution in [1.82, 2.24) is 14.9 Å². The van der Waals surface area contributed by atoms with E-state index < -0.39 is 0 Å². The molecule has 2 amide bonds. The van der Waals surface area contributed by atoms with Gasteiger partial charge in [0.05, 0.1) is 17.4 Å². The van der Waals surface area contributed by atoms with Crippen molar-refractivity contribution in [2.75, 3.05) is 11.9 Å². The maximum atomic E-state index is 13.2. The molecule has 1 aromatic heterocycles. The average Bonchev–Trinajstić information content (AvgIpc) is 3.58. The number of nitrogens with zero attached hydrogens (tertiary/aromatic N) is 2. The number of rotatable bonds is 7. The number of amides is 2. The van der Waals surface area contributed by atoms with Crippen LogP contribution < -0.4 is 10.9 Å². The number of halogens is 1. The van der Waals surface area contributed by atoms with Gasteiger partial charge in [0.15, 0.2) is 0 Å². The molecule has 8 heteroatoms. The van der Waals surface area contributed by atoms with Crippen LogP contribution in [0.15, 0.2) is 47.3 Å². The first-order valence-electron chi connectivity index (χ1n) is 10.3. The Bertz CT molecular complexity index is 1200. The second-order valence-electron chi connectivity index (χ2n) is 7.75. The van der Waals surface area contributed by atoms with E-state index in [1.165, 1.54) is 0 Å². The van der Waals surface area contributed by atoms with Crippen molar-refractivity contribution in [2.45, 2.75) is 32.7 Å². The lowest BCUT2D eigenvalue weighted by molar-refractivity contribution is -0.117. The molecule has 1 fully saturated rings. The second-order valence-corrected chi connectivity index (χ2v) is 8.18. The molecule has 0 atom stereocenters. The molecule has 160 valence electrons. The van der Waals surface area contributed by atoms with E-state index in [1.54, 1.807) is 47.4 Å². The third kappa shape index (κ3) is 4.94. The number of H-pyrrole nitrogens is 1. The first kappa shape index (κ1) is 21.1. The Hall–Kier alpha value is -3.19. The third-order valence-electron chi connectivity index (χ3n) is 5.16. The van der Waals surface area contributed by atoms with E-state index in [0.717, 1.165) is 19.3 Å². The van der Waals surface area contributed by atoms with Crippen LogP contribution >= 0.6 is 11.6 Å². The number of hydrogen-bond acceptors (Lipinski definition) is 4. The highest BCUT2D eigenvalue weighted by molar-refractivity contribution is 6.31. The number of fused-ring (bicyclic) bond motifs is 1. The van der Waals surface area contributed by atoms with Crippen LogP contribution in [0.2, 0.25) is 5.02 Å². The first-order chi connectivity index (χ1) is 14.9. The van der Waals surface area contributed by atoms with Gasteiger partial charge in [0.25, 0.3) is 11.5 Å². The van der Waals surface area contributed by atoms with Gasteiger partial charge in [-0.1, -0.05) is 24.6 Å².